The zero-order valence-electron chi connectivity index (χ0n) is 27.7. The number of aryl methyl sites for hydroxylation is 2. The minimum atomic E-state index is 0.168. The lowest BCUT2D eigenvalue weighted by molar-refractivity contribution is 0.112. The van der Waals surface area contributed by atoms with Gasteiger partial charge in [0, 0.05) is 61.9 Å². The Morgan fingerprint density at radius 3 is 2.64 bits per heavy atom. The Labute approximate surface area is 262 Å². The molecule has 44 heavy (non-hydrogen) atoms. The van der Waals surface area contributed by atoms with Gasteiger partial charge in [-0.15, -0.1) is 0 Å². The van der Waals surface area contributed by atoms with Gasteiger partial charge in [0.15, 0.2) is 0 Å². The number of benzene rings is 1. The summed E-state index contributed by atoms with van der Waals surface area (Å²) >= 11 is 0. The van der Waals surface area contributed by atoms with Crippen LogP contribution in [0.2, 0.25) is 0 Å². The van der Waals surface area contributed by atoms with Crippen LogP contribution in [0.3, 0.4) is 0 Å². The number of aldehydes is 1. The van der Waals surface area contributed by atoms with Crippen molar-refractivity contribution in [2.45, 2.75) is 65.8 Å². The highest BCUT2D eigenvalue weighted by atomic mass is 16.1. The van der Waals surface area contributed by atoms with Gasteiger partial charge in [-0.2, -0.15) is 5.10 Å². The van der Waals surface area contributed by atoms with E-state index in [9.17, 15) is 4.79 Å². The molecule has 3 heterocycles. The molecular weight excluding hydrogens is 548 g/mol. The fourth-order valence-corrected chi connectivity index (χ4v) is 6.72. The molecule has 4 aromatic rings. The number of hydrogen-bond donors (Lipinski definition) is 2. The summed E-state index contributed by atoms with van der Waals surface area (Å²) in [6.07, 6.45) is 9.80. The Bertz CT molecular complexity index is 1580. The molecule has 9 heteroatoms. The molecule has 1 aliphatic rings. The van der Waals surface area contributed by atoms with Crippen molar-refractivity contribution < 1.29 is 4.79 Å². The van der Waals surface area contributed by atoms with Gasteiger partial charge in [-0.05, 0) is 101 Å². The predicted octanol–water partition coefficient (Wildman–Crippen LogP) is 6.43. The van der Waals surface area contributed by atoms with Crippen LogP contribution < -0.4 is 10.6 Å². The third-order valence-corrected chi connectivity index (χ3v) is 8.88. The van der Waals surface area contributed by atoms with Gasteiger partial charge in [-0.25, -0.2) is 4.98 Å². The first-order valence-corrected chi connectivity index (χ1v) is 16.1. The monoisotopic (exact) mass is 598 g/mol. The van der Waals surface area contributed by atoms with Crippen LogP contribution in [0.25, 0.3) is 22.3 Å². The number of aromatic nitrogens is 5. The van der Waals surface area contributed by atoms with E-state index >= 15 is 0 Å². The van der Waals surface area contributed by atoms with E-state index in [2.05, 4.69) is 71.3 Å². The van der Waals surface area contributed by atoms with E-state index in [0.717, 1.165) is 85.2 Å². The topological polar surface area (TPSA) is 92.9 Å². The Morgan fingerprint density at radius 2 is 1.93 bits per heavy atom. The molecule has 9 nitrogen and oxygen atoms in total. The number of rotatable bonds is 16. The van der Waals surface area contributed by atoms with Gasteiger partial charge in [-0.3, -0.25) is 14.5 Å². The first-order valence-electron chi connectivity index (χ1n) is 16.1. The van der Waals surface area contributed by atoms with Crippen LogP contribution in [0.15, 0.2) is 36.5 Å². The molecule has 0 saturated heterocycles. The summed E-state index contributed by atoms with van der Waals surface area (Å²) in [4.78, 5) is 23.4. The summed E-state index contributed by atoms with van der Waals surface area (Å²) in [6.45, 7) is 9.44. The molecule has 1 aliphatic carbocycles. The van der Waals surface area contributed by atoms with Gasteiger partial charge in [0.05, 0.1) is 22.9 Å². The molecule has 5 rings (SSSR count). The van der Waals surface area contributed by atoms with Crippen LogP contribution in [0.1, 0.15) is 67.7 Å². The Hall–Kier alpha value is -3.72. The van der Waals surface area contributed by atoms with Gasteiger partial charge >= 0.3 is 0 Å². The van der Waals surface area contributed by atoms with Crippen LogP contribution in [0.4, 0.5) is 11.6 Å². The van der Waals surface area contributed by atoms with Crippen molar-refractivity contribution in [2.75, 3.05) is 44.9 Å². The van der Waals surface area contributed by atoms with Crippen LogP contribution in [-0.2, 0) is 20.0 Å². The highest BCUT2D eigenvalue weighted by Gasteiger charge is 2.32. The summed E-state index contributed by atoms with van der Waals surface area (Å²) in [5.74, 6) is 2.36. The maximum atomic E-state index is 11.4. The summed E-state index contributed by atoms with van der Waals surface area (Å²) < 4.78 is 4.35. The summed E-state index contributed by atoms with van der Waals surface area (Å²) in [5.41, 5.74) is 8.04. The molecule has 1 atom stereocenters. The average Bonchev–Trinajstić information content (AvgIpc) is 3.68. The highest BCUT2D eigenvalue weighted by molar-refractivity contribution is 5.82. The number of anilines is 2. The zero-order valence-corrected chi connectivity index (χ0v) is 27.7. The van der Waals surface area contributed by atoms with E-state index in [1.54, 1.807) is 0 Å². The van der Waals surface area contributed by atoms with Crippen molar-refractivity contribution >= 4 is 29.0 Å². The highest BCUT2D eigenvalue weighted by Crippen LogP contribution is 2.41. The number of hydrogen-bond acceptors (Lipinski definition) is 7. The quantitative estimate of drug-likeness (QED) is 0.113. The third-order valence-electron chi connectivity index (χ3n) is 8.88. The maximum absolute atomic E-state index is 11.4. The van der Waals surface area contributed by atoms with Crippen molar-refractivity contribution in [3.63, 3.8) is 0 Å². The van der Waals surface area contributed by atoms with Gasteiger partial charge in [0.2, 0.25) is 5.95 Å². The lowest BCUT2D eigenvalue weighted by Crippen LogP contribution is -2.34. The molecule has 3 aromatic heterocycles. The van der Waals surface area contributed by atoms with Crippen LogP contribution in [0.5, 0.6) is 0 Å². The Kier molecular flexibility index (Phi) is 9.73. The molecule has 1 unspecified atom stereocenters. The van der Waals surface area contributed by atoms with Crippen molar-refractivity contribution in [3.8, 4) is 11.3 Å². The van der Waals surface area contributed by atoms with E-state index in [4.69, 9.17) is 9.97 Å². The molecule has 0 spiro atoms. The Morgan fingerprint density at radius 1 is 1.14 bits per heavy atom. The number of nitrogens with zero attached hydrogens (tertiary/aromatic N) is 6. The molecule has 1 fully saturated rings. The summed E-state index contributed by atoms with van der Waals surface area (Å²) in [6, 6.07) is 10.3. The number of unbranched alkanes of at least 4 members (excludes halogenated alkanes) is 1. The fraction of sp³-hybridized carbons (Fsp3) is 0.543. The van der Waals surface area contributed by atoms with Crippen molar-refractivity contribution in [3.05, 3.63) is 53.5 Å². The number of carbonyl (C=O) groups is 1. The smallest absolute Gasteiger partial charge is 0.203 e. The number of nitrogens with one attached hydrogen (secondary N) is 2. The first-order chi connectivity index (χ1) is 21.1. The van der Waals surface area contributed by atoms with Gasteiger partial charge < -0.3 is 20.1 Å². The molecule has 0 aliphatic heterocycles. The molecule has 1 aromatic carbocycles. The molecule has 0 bridgehead atoms. The van der Waals surface area contributed by atoms with E-state index in [-0.39, 0.29) is 5.41 Å². The van der Waals surface area contributed by atoms with E-state index in [1.807, 2.05) is 44.0 Å². The maximum Gasteiger partial charge on any atom is 0.203 e. The van der Waals surface area contributed by atoms with Crippen LogP contribution in [-0.4, -0.2) is 69.7 Å². The van der Waals surface area contributed by atoms with E-state index in [1.165, 1.54) is 30.5 Å². The molecular formula is C35H50N8O. The lowest BCUT2D eigenvalue weighted by Gasteiger charge is -2.28. The molecule has 0 amide bonds. The number of pyridine rings is 1. The zero-order chi connectivity index (χ0) is 31.4. The SMILES string of the molecule is CNc1nc2cc(NCC(C)(C)CN(C)C)ccc2n1CC(CCCCc1c(-c2cc(C=O)cc(C)n2)cnn1C)C1CC1. The number of carbonyl (C=O) groups excluding carboxylic acids is 1. The predicted molar refractivity (Wildman–Crippen MR) is 180 cm³/mol. The normalized spacial score (nSPS) is 14.4. The average molecular weight is 599 g/mol. The number of imidazole rings is 1. The molecule has 0 radical (unpaired) electrons. The van der Waals surface area contributed by atoms with E-state index in [0.29, 0.717) is 11.5 Å². The van der Waals surface area contributed by atoms with Crippen molar-refractivity contribution in [1.29, 1.82) is 0 Å². The largest absolute Gasteiger partial charge is 0.384 e. The van der Waals surface area contributed by atoms with Crippen molar-refractivity contribution in [1.82, 2.24) is 29.2 Å². The molecule has 2 N–H and O–H groups in total. The minimum Gasteiger partial charge on any atom is -0.384 e. The molecule has 1 saturated carbocycles. The van der Waals surface area contributed by atoms with Gasteiger partial charge in [-0.1, -0.05) is 20.3 Å². The second kappa shape index (κ2) is 13.5. The minimum absolute atomic E-state index is 0.168. The summed E-state index contributed by atoms with van der Waals surface area (Å²) in [7, 11) is 8.22. The standard InChI is InChI=1S/C35H50N8O/c1-24-16-25(21-44)17-30(39-24)29-19-38-42(7)32(29)11-9-8-10-27(26-12-13-26)20-43-33-15-14-28(18-31(33)40-34(43)36-4)37-22-35(2,3)23-41(5)6/h14-19,21,26-27,37H,8-13,20,22-23H2,1-7H3,(H,36,40). The van der Waals surface area contributed by atoms with Crippen molar-refractivity contribution in [2.24, 2.45) is 24.3 Å². The van der Waals surface area contributed by atoms with E-state index < -0.39 is 0 Å². The summed E-state index contributed by atoms with van der Waals surface area (Å²) in [5, 5.41) is 11.5. The fourth-order valence-electron chi connectivity index (χ4n) is 6.72. The van der Waals surface area contributed by atoms with Gasteiger partial charge in [0.25, 0.3) is 0 Å². The van der Waals surface area contributed by atoms with Crippen LogP contribution >= 0.6 is 0 Å². The third kappa shape index (κ3) is 7.67. The molecule has 236 valence electrons. The lowest BCUT2D eigenvalue weighted by atomic mass is 9.93. The second-order valence-electron chi connectivity index (χ2n) is 13.8. The second-order valence-corrected chi connectivity index (χ2v) is 13.8. The van der Waals surface area contributed by atoms with Gasteiger partial charge in [0.1, 0.15) is 6.29 Å². The first kappa shape index (κ1) is 31.7. The number of fused-ring (bicyclic) bond motifs is 1. The Balaban J connectivity index is 1.23. The van der Waals surface area contributed by atoms with Crippen LogP contribution in [0, 0.1) is 24.2 Å².